The van der Waals surface area contributed by atoms with Gasteiger partial charge in [-0.25, -0.2) is 0 Å². The van der Waals surface area contributed by atoms with Crippen molar-refractivity contribution in [1.29, 1.82) is 0 Å². The maximum absolute atomic E-state index is 10.3. The van der Waals surface area contributed by atoms with E-state index in [9.17, 15) is 4.79 Å². The normalized spacial score (nSPS) is 20.2. The summed E-state index contributed by atoms with van der Waals surface area (Å²) in [5.41, 5.74) is 0. The van der Waals surface area contributed by atoms with E-state index in [1.54, 1.807) is 4.90 Å². The minimum atomic E-state index is 0.840. The molecule has 0 atom stereocenters. The average molecular weight is 185 g/mol. The third-order valence-corrected chi connectivity index (χ3v) is 2.54. The maximum atomic E-state index is 10.3. The standard InChI is InChI=1S/C9H19N3O/c1-10-3-6-12(7-4-10)8-5-11(2)9-13/h9H,3-8H2,1-2H3. The van der Waals surface area contributed by atoms with Gasteiger partial charge in [-0.15, -0.1) is 0 Å². The number of hydrogen-bond donors (Lipinski definition) is 0. The molecule has 1 amide bonds. The summed E-state index contributed by atoms with van der Waals surface area (Å²) in [6.07, 6.45) is 0.885. The van der Waals surface area contributed by atoms with E-state index in [-0.39, 0.29) is 0 Å². The molecule has 0 radical (unpaired) electrons. The average Bonchev–Trinajstić information content (AvgIpc) is 2.16. The first-order valence-corrected chi connectivity index (χ1v) is 4.79. The second kappa shape index (κ2) is 5.19. The molecule has 1 aliphatic rings. The van der Waals surface area contributed by atoms with E-state index in [2.05, 4.69) is 16.8 Å². The highest BCUT2D eigenvalue weighted by Crippen LogP contribution is 1.98. The molecule has 0 aromatic rings. The number of rotatable bonds is 4. The fourth-order valence-electron chi connectivity index (χ4n) is 1.42. The van der Waals surface area contributed by atoms with E-state index >= 15 is 0 Å². The van der Waals surface area contributed by atoms with Gasteiger partial charge in [-0.2, -0.15) is 0 Å². The summed E-state index contributed by atoms with van der Waals surface area (Å²) < 4.78 is 0. The van der Waals surface area contributed by atoms with Crippen LogP contribution in [-0.2, 0) is 4.79 Å². The Balaban J connectivity index is 2.12. The van der Waals surface area contributed by atoms with Gasteiger partial charge >= 0.3 is 0 Å². The summed E-state index contributed by atoms with van der Waals surface area (Å²) in [6.45, 7) is 6.39. The van der Waals surface area contributed by atoms with E-state index in [0.717, 1.165) is 45.7 Å². The molecule has 1 saturated heterocycles. The molecule has 1 aliphatic heterocycles. The monoisotopic (exact) mass is 185 g/mol. The summed E-state index contributed by atoms with van der Waals surface area (Å²) in [4.78, 5) is 16.8. The quantitative estimate of drug-likeness (QED) is 0.543. The van der Waals surface area contributed by atoms with Crippen LogP contribution in [0.4, 0.5) is 0 Å². The smallest absolute Gasteiger partial charge is 0.209 e. The summed E-state index contributed by atoms with van der Waals surface area (Å²) >= 11 is 0. The van der Waals surface area contributed by atoms with Crippen LogP contribution in [0.25, 0.3) is 0 Å². The lowest BCUT2D eigenvalue weighted by Gasteiger charge is -2.32. The zero-order valence-electron chi connectivity index (χ0n) is 8.57. The summed E-state index contributed by atoms with van der Waals surface area (Å²) in [5.74, 6) is 0. The molecule has 1 heterocycles. The van der Waals surface area contributed by atoms with Gasteiger partial charge in [0.05, 0.1) is 0 Å². The molecule has 1 fully saturated rings. The molecule has 0 spiro atoms. The molecule has 4 heteroatoms. The first-order valence-electron chi connectivity index (χ1n) is 4.79. The molecular formula is C9H19N3O. The predicted octanol–water partition coefficient (Wildman–Crippen LogP) is -0.678. The van der Waals surface area contributed by atoms with Crippen LogP contribution in [0.15, 0.2) is 0 Å². The van der Waals surface area contributed by atoms with Crippen molar-refractivity contribution in [3.05, 3.63) is 0 Å². The molecule has 0 unspecified atom stereocenters. The predicted molar refractivity (Wildman–Crippen MR) is 52.6 cm³/mol. The van der Waals surface area contributed by atoms with Gasteiger partial charge in [0.25, 0.3) is 0 Å². The molecule has 0 N–H and O–H groups in total. The second-order valence-corrected chi connectivity index (χ2v) is 3.73. The number of hydrogen-bond acceptors (Lipinski definition) is 3. The van der Waals surface area contributed by atoms with Crippen molar-refractivity contribution >= 4 is 6.41 Å². The molecule has 0 aromatic carbocycles. The molecule has 4 nitrogen and oxygen atoms in total. The number of carbonyl (C=O) groups excluding carboxylic acids is 1. The third-order valence-electron chi connectivity index (χ3n) is 2.54. The van der Waals surface area contributed by atoms with Crippen molar-refractivity contribution in [3.63, 3.8) is 0 Å². The lowest BCUT2D eigenvalue weighted by Crippen LogP contribution is -2.46. The van der Waals surface area contributed by atoms with Gasteiger partial charge in [-0.05, 0) is 7.05 Å². The fraction of sp³-hybridized carbons (Fsp3) is 0.889. The summed E-state index contributed by atoms with van der Waals surface area (Å²) in [5, 5.41) is 0. The van der Waals surface area contributed by atoms with Crippen LogP contribution in [0.5, 0.6) is 0 Å². The van der Waals surface area contributed by atoms with Gasteiger partial charge in [0.1, 0.15) is 0 Å². The fourth-order valence-corrected chi connectivity index (χ4v) is 1.42. The SMILES string of the molecule is CN(C=O)CCN1CCN(C)CC1. The van der Waals surface area contributed by atoms with Gasteiger partial charge in [0, 0.05) is 46.3 Å². The Hall–Kier alpha value is -0.610. The van der Waals surface area contributed by atoms with Crippen molar-refractivity contribution in [2.45, 2.75) is 0 Å². The van der Waals surface area contributed by atoms with Gasteiger partial charge in [-0.3, -0.25) is 9.69 Å². The Kier molecular flexibility index (Phi) is 4.18. The van der Waals surface area contributed by atoms with Gasteiger partial charge in [0.15, 0.2) is 0 Å². The van der Waals surface area contributed by atoms with E-state index in [1.165, 1.54) is 0 Å². The van der Waals surface area contributed by atoms with Crippen molar-refractivity contribution in [2.24, 2.45) is 0 Å². The van der Waals surface area contributed by atoms with Crippen LogP contribution in [0.3, 0.4) is 0 Å². The minimum absolute atomic E-state index is 0.840. The second-order valence-electron chi connectivity index (χ2n) is 3.73. The first-order chi connectivity index (χ1) is 6.22. The molecule has 76 valence electrons. The minimum Gasteiger partial charge on any atom is -0.347 e. The zero-order chi connectivity index (χ0) is 9.68. The van der Waals surface area contributed by atoms with Gasteiger partial charge < -0.3 is 9.80 Å². The Labute approximate surface area is 80.1 Å². The highest BCUT2D eigenvalue weighted by atomic mass is 16.1. The largest absolute Gasteiger partial charge is 0.347 e. The first kappa shape index (κ1) is 10.5. The topological polar surface area (TPSA) is 26.8 Å². The molecule has 0 aromatic heterocycles. The van der Waals surface area contributed by atoms with Gasteiger partial charge in [-0.1, -0.05) is 0 Å². The Morgan fingerprint density at radius 3 is 2.46 bits per heavy atom. The van der Waals surface area contributed by atoms with Crippen LogP contribution in [0, 0.1) is 0 Å². The number of carbonyl (C=O) groups is 1. The van der Waals surface area contributed by atoms with Crippen molar-refractivity contribution < 1.29 is 4.79 Å². The number of amides is 1. The van der Waals surface area contributed by atoms with Crippen LogP contribution >= 0.6 is 0 Å². The van der Waals surface area contributed by atoms with Crippen LogP contribution in [-0.4, -0.2) is 74.5 Å². The Bertz CT molecular complexity index is 155. The molecule has 1 rings (SSSR count). The Morgan fingerprint density at radius 1 is 1.31 bits per heavy atom. The maximum Gasteiger partial charge on any atom is 0.209 e. The van der Waals surface area contributed by atoms with Gasteiger partial charge in [0.2, 0.25) is 6.41 Å². The van der Waals surface area contributed by atoms with Crippen LogP contribution < -0.4 is 0 Å². The summed E-state index contributed by atoms with van der Waals surface area (Å²) in [7, 11) is 3.97. The van der Waals surface area contributed by atoms with E-state index < -0.39 is 0 Å². The highest BCUT2D eigenvalue weighted by Gasteiger charge is 2.13. The number of piperazine rings is 1. The molecule has 13 heavy (non-hydrogen) atoms. The zero-order valence-corrected chi connectivity index (χ0v) is 8.57. The highest BCUT2D eigenvalue weighted by molar-refractivity contribution is 5.46. The molecule has 0 bridgehead atoms. The van der Waals surface area contributed by atoms with E-state index in [4.69, 9.17) is 0 Å². The Morgan fingerprint density at radius 2 is 1.92 bits per heavy atom. The molecule has 0 saturated carbocycles. The lowest BCUT2D eigenvalue weighted by molar-refractivity contribution is -0.117. The third kappa shape index (κ3) is 3.74. The summed E-state index contributed by atoms with van der Waals surface area (Å²) in [6, 6.07) is 0. The van der Waals surface area contributed by atoms with E-state index in [0.29, 0.717) is 0 Å². The number of nitrogens with zero attached hydrogens (tertiary/aromatic N) is 3. The molecule has 0 aliphatic carbocycles. The van der Waals surface area contributed by atoms with E-state index in [1.807, 2.05) is 7.05 Å². The lowest BCUT2D eigenvalue weighted by atomic mass is 10.3. The van der Waals surface area contributed by atoms with Crippen LogP contribution in [0.2, 0.25) is 0 Å². The van der Waals surface area contributed by atoms with Crippen molar-refractivity contribution in [1.82, 2.24) is 14.7 Å². The van der Waals surface area contributed by atoms with Crippen LogP contribution in [0.1, 0.15) is 0 Å². The van der Waals surface area contributed by atoms with Crippen molar-refractivity contribution in [3.8, 4) is 0 Å². The molecular weight excluding hydrogens is 166 g/mol. The number of likely N-dealkylation sites (N-methyl/N-ethyl adjacent to an activating group) is 2. The van der Waals surface area contributed by atoms with Crippen molar-refractivity contribution in [2.75, 3.05) is 53.4 Å².